The van der Waals surface area contributed by atoms with E-state index in [0.717, 1.165) is 6.54 Å². The van der Waals surface area contributed by atoms with E-state index in [1.807, 2.05) is 18.2 Å². The molecule has 0 amide bonds. The van der Waals surface area contributed by atoms with Gasteiger partial charge in [-0.25, -0.2) is 0 Å². The lowest BCUT2D eigenvalue weighted by Crippen LogP contribution is -2.46. The third kappa shape index (κ3) is 3.37. The van der Waals surface area contributed by atoms with Crippen molar-refractivity contribution >= 4 is 10.9 Å². The Morgan fingerprint density at radius 2 is 2.07 bits per heavy atom. The van der Waals surface area contributed by atoms with Crippen molar-refractivity contribution < 1.29 is 24.4 Å². The molecule has 4 rings (SSSR count). The van der Waals surface area contributed by atoms with Gasteiger partial charge in [0.25, 0.3) is 0 Å². The normalized spacial score (nSPS) is 32.4. The summed E-state index contributed by atoms with van der Waals surface area (Å²) in [6, 6.07) is 10.3. The number of fused-ring (bicyclic) bond motifs is 1. The molecule has 4 atom stereocenters. The van der Waals surface area contributed by atoms with Crippen LogP contribution in [0.3, 0.4) is 0 Å². The summed E-state index contributed by atoms with van der Waals surface area (Å²) in [5, 5.41) is 22.9. The van der Waals surface area contributed by atoms with Crippen molar-refractivity contribution in [2.45, 2.75) is 56.5 Å². The van der Waals surface area contributed by atoms with Crippen molar-refractivity contribution in [3.63, 3.8) is 0 Å². The van der Waals surface area contributed by atoms with E-state index in [9.17, 15) is 10.2 Å². The third-order valence-electron chi connectivity index (χ3n) is 5.47. The van der Waals surface area contributed by atoms with Crippen LogP contribution < -0.4 is 0 Å². The molecule has 2 aliphatic rings. The lowest BCUT2D eigenvalue weighted by molar-refractivity contribution is -0.157. The Morgan fingerprint density at radius 3 is 2.82 bits per heavy atom. The lowest BCUT2D eigenvalue weighted by atomic mass is 9.91. The van der Waals surface area contributed by atoms with Crippen molar-refractivity contribution in [2.75, 3.05) is 6.61 Å². The van der Waals surface area contributed by atoms with Gasteiger partial charge >= 0.3 is 0 Å². The van der Waals surface area contributed by atoms with Gasteiger partial charge in [-0.3, -0.25) is 0 Å². The Bertz CT molecular complexity index is 901. The van der Waals surface area contributed by atoms with Gasteiger partial charge < -0.3 is 29.0 Å². The summed E-state index contributed by atoms with van der Waals surface area (Å²) in [4.78, 5) is 0. The molecule has 2 fully saturated rings. The highest BCUT2D eigenvalue weighted by Gasteiger charge is 2.55. The van der Waals surface area contributed by atoms with Crippen molar-refractivity contribution in [3.8, 4) is 0 Å². The average molecular weight is 385 g/mol. The highest BCUT2D eigenvalue weighted by Crippen LogP contribution is 2.39. The molecule has 2 saturated heterocycles. The molecule has 150 valence electrons. The van der Waals surface area contributed by atoms with Gasteiger partial charge in [-0.15, -0.1) is 0 Å². The predicted molar refractivity (Wildman–Crippen MR) is 106 cm³/mol. The smallest absolute Gasteiger partial charge is 0.168 e. The van der Waals surface area contributed by atoms with Crippen LogP contribution in [-0.4, -0.2) is 51.1 Å². The number of rotatable bonds is 5. The molecule has 0 saturated carbocycles. The number of ether oxygens (including phenoxy) is 3. The van der Waals surface area contributed by atoms with E-state index in [-0.39, 0.29) is 5.76 Å². The van der Waals surface area contributed by atoms with Crippen LogP contribution in [0.2, 0.25) is 0 Å². The number of nitrogens with zero attached hydrogens (tertiary/aromatic N) is 1. The molecule has 2 aliphatic heterocycles. The number of aliphatic hydroxyl groups excluding tert-OH is 1. The first-order chi connectivity index (χ1) is 13.3. The summed E-state index contributed by atoms with van der Waals surface area (Å²) < 4.78 is 19.2. The minimum Gasteiger partial charge on any atom is -0.486 e. The Kier molecular flexibility index (Phi) is 4.83. The van der Waals surface area contributed by atoms with Gasteiger partial charge in [0.05, 0.1) is 6.61 Å². The lowest BCUT2D eigenvalue weighted by Gasteiger charge is -2.25. The molecule has 0 bridgehead atoms. The first-order valence-electron chi connectivity index (χ1n) is 9.60. The maximum absolute atomic E-state index is 11.0. The van der Waals surface area contributed by atoms with Crippen molar-refractivity contribution in [1.29, 1.82) is 0 Å². The molecular weight excluding hydrogens is 358 g/mol. The minimum absolute atomic E-state index is 0.126. The molecule has 1 aromatic heterocycles. The number of para-hydroxylation sites is 1. The average Bonchev–Trinajstić information content (AvgIpc) is 3.30. The van der Waals surface area contributed by atoms with Crippen molar-refractivity contribution in [3.05, 3.63) is 61.0 Å². The monoisotopic (exact) mass is 385 g/mol. The molecular formula is C22H27NO5. The van der Waals surface area contributed by atoms with Crippen LogP contribution in [0.25, 0.3) is 10.9 Å². The van der Waals surface area contributed by atoms with Crippen LogP contribution >= 0.6 is 0 Å². The summed E-state index contributed by atoms with van der Waals surface area (Å²) in [5.74, 6) is -0.605. The standard InChI is InChI=1S/C22H27NO5/c1-15-22(25,20(24)19(27-15)18-14-26-21(2,3)28-18)11-6-7-12-23-13-10-16-8-4-5-9-17(16)23/h4-6,8-11,13,18-20,24-25H,1,7,12,14H2,2-3H3/b11-6+/t18-,19-,20+,22+/m1/s1. The number of benzene rings is 1. The molecule has 1 aromatic carbocycles. The Hall–Kier alpha value is -2.12. The summed E-state index contributed by atoms with van der Waals surface area (Å²) >= 11 is 0. The van der Waals surface area contributed by atoms with Crippen LogP contribution in [0.15, 0.2) is 61.0 Å². The zero-order valence-corrected chi connectivity index (χ0v) is 16.2. The number of hydrogen-bond donors (Lipinski definition) is 2. The first-order valence-corrected chi connectivity index (χ1v) is 9.60. The molecule has 0 radical (unpaired) electrons. The molecule has 0 unspecified atom stereocenters. The van der Waals surface area contributed by atoms with Gasteiger partial charge in [-0.2, -0.15) is 0 Å². The van der Waals surface area contributed by atoms with Crippen LogP contribution in [0.5, 0.6) is 0 Å². The van der Waals surface area contributed by atoms with Gasteiger partial charge in [0.2, 0.25) is 0 Å². The van der Waals surface area contributed by atoms with E-state index >= 15 is 0 Å². The van der Waals surface area contributed by atoms with E-state index in [1.54, 1.807) is 19.9 Å². The second-order valence-electron chi connectivity index (χ2n) is 7.90. The molecule has 6 nitrogen and oxygen atoms in total. The largest absolute Gasteiger partial charge is 0.486 e. The maximum atomic E-state index is 11.0. The summed E-state index contributed by atoms with van der Waals surface area (Å²) in [6.45, 7) is 8.47. The summed E-state index contributed by atoms with van der Waals surface area (Å²) in [5.41, 5.74) is -0.469. The molecule has 0 spiro atoms. The van der Waals surface area contributed by atoms with Gasteiger partial charge in [0, 0.05) is 18.3 Å². The zero-order chi connectivity index (χ0) is 19.9. The van der Waals surface area contributed by atoms with Crippen LogP contribution in [0, 0.1) is 0 Å². The van der Waals surface area contributed by atoms with Crippen LogP contribution in [0.4, 0.5) is 0 Å². The van der Waals surface area contributed by atoms with Gasteiger partial charge in [-0.05, 0) is 43.9 Å². The number of aryl methyl sites for hydroxylation is 1. The predicted octanol–water partition coefficient (Wildman–Crippen LogP) is 2.74. The number of aliphatic hydroxyl groups is 2. The maximum Gasteiger partial charge on any atom is 0.168 e. The molecule has 3 heterocycles. The number of aromatic nitrogens is 1. The fourth-order valence-corrected chi connectivity index (χ4v) is 3.90. The highest BCUT2D eigenvalue weighted by molar-refractivity contribution is 5.79. The Balaban J connectivity index is 1.41. The summed E-state index contributed by atoms with van der Waals surface area (Å²) in [6.07, 6.45) is 3.81. The first kappa shape index (κ1) is 19.2. The Morgan fingerprint density at radius 1 is 1.29 bits per heavy atom. The Labute approximate surface area is 164 Å². The topological polar surface area (TPSA) is 73.1 Å². The van der Waals surface area contributed by atoms with E-state index in [4.69, 9.17) is 14.2 Å². The highest BCUT2D eigenvalue weighted by atomic mass is 16.8. The van der Waals surface area contributed by atoms with E-state index in [1.165, 1.54) is 10.9 Å². The van der Waals surface area contributed by atoms with Crippen LogP contribution in [-0.2, 0) is 20.8 Å². The minimum atomic E-state index is -1.64. The van der Waals surface area contributed by atoms with Crippen molar-refractivity contribution in [2.24, 2.45) is 0 Å². The van der Waals surface area contributed by atoms with E-state index < -0.39 is 29.7 Å². The fraction of sp³-hybridized carbons (Fsp3) is 0.455. The van der Waals surface area contributed by atoms with Crippen molar-refractivity contribution in [1.82, 2.24) is 4.57 Å². The summed E-state index contributed by atoms with van der Waals surface area (Å²) in [7, 11) is 0. The second-order valence-corrected chi connectivity index (χ2v) is 7.90. The zero-order valence-electron chi connectivity index (χ0n) is 16.2. The third-order valence-corrected chi connectivity index (χ3v) is 5.47. The molecule has 6 heteroatoms. The van der Waals surface area contributed by atoms with Gasteiger partial charge in [0.15, 0.2) is 17.5 Å². The number of hydrogen-bond acceptors (Lipinski definition) is 5. The molecule has 2 aromatic rings. The molecule has 28 heavy (non-hydrogen) atoms. The van der Waals surface area contributed by atoms with Crippen LogP contribution in [0.1, 0.15) is 20.3 Å². The van der Waals surface area contributed by atoms with E-state index in [0.29, 0.717) is 13.0 Å². The van der Waals surface area contributed by atoms with Gasteiger partial charge in [-0.1, -0.05) is 30.9 Å². The quantitative estimate of drug-likeness (QED) is 0.775. The molecule has 2 N–H and O–H groups in total. The van der Waals surface area contributed by atoms with Gasteiger partial charge in [0.1, 0.15) is 18.0 Å². The molecule has 0 aliphatic carbocycles. The van der Waals surface area contributed by atoms with E-state index in [2.05, 4.69) is 35.5 Å². The second kappa shape index (κ2) is 7.04. The SMILES string of the molecule is C=C1O[C@H]([C@H]2COC(C)(C)O2)[C@H](O)[C@]1(O)/C=C/CCn1ccc2ccccc21. The number of allylic oxidation sites excluding steroid dienone is 1. The fourth-order valence-electron chi connectivity index (χ4n) is 3.90.